The van der Waals surface area contributed by atoms with E-state index in [1.54, 1.807) is 36.4 Å². The highest BCUT2D eigenvalue weighted by Crippen LogP contribution is 2.33. The number of nitrogens with one attached hydrogen (secondary N) is 1. The van der Waals surface area contributed by atoms with Crippen molar-refractivity contribution in [3.8, 4) is 15.5 Å². The van der Waals surface area contributed by atoms with Crippen LogP contribution in [0.4, 0.5) is 4.39 Å². The van der Waals surface area contributed by atoms with E-state index in [0.29, 0.717) is 9.96 Å². The van der Waals surface area contributed by atoms with E-state index in [9.17, 15) is 13.4 Å². The zero-order chi connectivity index (χ0) is 19.2. The minimum Gasteiger partial charge on any atom is -0.415 e. The maximum atomic E-state index is 13.3. The van der Waals surface area contributed by atoms with Crippen molar-refractivity contribution in [2.24, 2.45) is 0 Å². The van der Waals surface area contributed by atoms with Crippen LogP contribution in [0.15, 0.2) is 65.6 Å². The van der Waals surface area contributed by atoms with Gasteiger partial charge in [-0.2, -0.15) is 0 Å². The Kier molecular flexibility index (Phi) is 6.49. The molecular weight excluding hydrogens is 385 g/mol. The van der Waals surface area contributed by atoms with Gasteiger partial charge in [0.15, 0.2) is 5.06 Å². The van der Waals surface area contributed by atoms with Crippen LogP contribution in [0.25, 0.3) is 10.4 Å². The Morgan fingerprint density at radius 1 is 1.15 bits per heavy atom. The lowest BCUT2D eigenvalue weighted by atomic mass is 10.2. The van der Waals surface area contributed by atoms with Crippen LogP contribution < -0.4 is 9.46 Å². The Labute approximate surface area is 163 Å². The van der Waals surface area contributed by atoms with Gasteiger partial charge in [-0.1, -0.05) is 41.2 Å². The number of hydrogen-bond acceptors (Lipinski definition) is 4. The predicted octanol–water partition coefficient (Wildman–Crippen LogP) is 4.47. The molecule has 2 aromatic carbocycles. The third kappa shape index (κ3) is 5.56. The molecule has 140 valence electrons. The van der Waals surface area contributed by atoms with E-state index in [0.717, 1.165) is 16.0 Å². The summed E-state index contributed by atoms with van der Waals surface area (Å²) in [4.78, 5) is 13.4. The molecule has 3 aromatic rings. The number of aryl methyl sites for hydroxylation is 1. The zero-order valence-electron chi connectivity index (χ0n) is 14.6. The normalized spacial score (nSPS) is 11.9. The number of esters is 1. The second kappa shape index (κ2) is 9.03. The van der Waals surface area contributed by atoms with Crippen molar-refractivity contribution in [2.75, 3.05) is 6.54 Å². The quantitative estimate of drug-likeness (QED) is 0.592. The van der Waals surface area contributed by atoms with Crippen LogP contribution >= 0.6 is 11.3 Å². The summed E-state index contributed by atoms with van der Waals surface area (Å²) in [6.07, 6.45) is 0.0881. The van der Waals surface area contributed by atoms with Crippen LogP contribution in [-0.4, -0.2) is 16.7 Å². The number of rotatable bonds is 7. The van der Waals surface area contributed by atoms with E-state index in [2.05, 4.69) is 4.72 Å². The molecule has 0 aliphatic rings. The molecule has 1 unspecified atom stereocenters. The van der Waals surface area contributed by atoms with Crippen LogP contribution in [0.1, 0.15) is 12.0 Å². The summed E-state index contributed by atoms with van der Waals surface area (Å²) < 4.78 is 33.5. The van der Waals surface area contributed by atoms with Crippen molar-refractivity contribution >= 4 is 28.3 Å². The molecule has 0 fully saturated rings. The van der Waals surface area contributed by atoms with Crippen LogP contribution in [0.3, 0.4) is 0 Å². The highest BCUT2D eigenvalue weighted by Gasteiger charge is 2.10. The first kappa shape index (κ1) is 19.4. The lowest BCUT2D eigenvalue weighted by Crippen LogP contribution is -2.22. The monoisotopic (exact) mass is 403 g/mol. The molecule has 0 bridgehead atoms. The van der Waals surface area contributed by atoms with Crippen LogP contribution in [0.2, 0.25) is 0 Å². The van der Waals surface area contributed by atoms with E-state index >= 15 is 0 Å². The maximum absolute atomic E-state index is 13.3. The van der Waals surface area contributed by atoms with Crippen LogP contribution in [0, 0.1) is 12.7 Å². The highest BCUT2D eigenvalue weighted by molar-refractivity contribution is 7.83. The Bertz CT molecular complexity index is 954. The average Bonchev–Trinajstić information content (AvgIpc) is 3.10. The number of thiophene rings is 1. The zero-order valence-corrected chi connectivity index (χ0v) is 16.2. The van der Waals surface area contributed by atoms with Gasteiger partial charge in [0.2, 0.25) is 0 Å². The molecule has 1 heterocycles. The van der Waals surface area contributed by atoms with E-state index in [-0.39, 0.29) is 18.8 Å². The van der Waals surface area contributed by atoms with Gasteiger partial charge in [0, 0.05) is 11.4 Å². The molecular formula is C20H18FNO3S2. The minimum absolute atomic E-state index is 0.0881. The molecule has 0 amide bonds. The van der Waals surface area contributed by atoms with Gasteiger partial charge in [-0.3, -0.25) is 4.79 Å². The lowest BCUT2D eigenvalue weighted by molar-refractivity contribution is -0.133. The van der Waals surface area contributed by atoms with Crippen molar-refractivity contribution in [3.63, 3.8) is 0 Å². The molecule has 4 nitrogen and oxygen atoms in total. The summed E-state index contributed by atoms with van der Waals surface area (Å²) in [5, 5.41) is 0.443. The fourth-order valence-corrected chi connectivity index (χ4v) is 4.03. The molecule has 0 aliphatic carbocycles. The molecule has 0 spiro atoms. The molecule has 7 heteroatoms. The summed E-state index contributed by atoms with van der Waals surface area (Å²) in [5.74, 6) is -0.733. The first-order valence-corrected chi connectivity index (χ1v) is 10.3. The summed E-state index contributed by atoms with van der Waals surface area (Å²) in [6.45, 7) is 2.20. The van der Waals surface area contributed by atoms with Gasteiger partial charge in [0.05, 0.1) is 11.3 Å². The smallest absolute Gasteiger partial charge is 0.313 e. The van der Waals surface area contributed by atoms with Crippen LogP contribution in [-0.2, 0) is 15.8 Å². The molecule has 1 aromatic heterocycles. The number of ether oxygens (including phenoxy) is 1. The predicted molar refractivity (Wildman–Crippen MR) is 106 cm³/mol. The lowest BCUT2D eigenvalue weighted by Gasteiger charge is -2.05. The largest absolute Gasteiger partial charge is 0.415 e. The van der Waals surface area contributed by atoms with E-state index in [1.807, 2.05) is 19.1 Å². The SMILES string of the molecule is Cc1ccc(S(=O)NCCC(=O)Oc2ccc(-c3cccc(F)c3)s2)cc1. The van der Waals surface area contributed by atoms with Crippen molar-refractivity contribution in [3.05, 3.63) is 72.0 Å². The molecule has 0 aliphatic heterocycles. The molecule has 0 radical (unpaired) electrons. The van der Waals surface area contributed by atoms with Gasteiger partial charge in [0.25, 0.3) is 0 Å². The number of carbonyl (C=O) groups excluding carboxylic acids is 1. The van der Waals surface area contributed by atoms with Crippen molar-refractivity contribution < 1.29 is 18.1 Å². The van der Waals surface area contributed by atoms with E-state index < -0.39 is 17.0 Å². The van der Waals surface area contributed by atoms with Crippen LogP contribution in [0.5, 0.6) is 5.06 Å². The first-order valence-electron chi connectivity index (χ1n) is 8.30. The Hall–Kier alpha value is -2.35. The number of hydrogen-bond donors (Lipinski definition) is 1. The second-order valence-electron chi connectivity index (χ2n) is 5.83. The fraction of sp³-hybridized carbons (Fsp3) is 0.150. The summed E-state index contributed by atoms with van der Waals surface area (Å²) >= 11 is 1.27. The van der Waals surface area contributed by atoms with Crippen molar-refractivity contribution in [1.82, 2.24) is 4.72 Å². The van der Waals surface area contributed by atoms with Crippen molar-refractivity contribution in [2.45, 2.75) is 18.2 Å². The van der Waals surface area contributed by atoms with Crippen molar-refractivity contribution in [1.29, 1.82) is 0 Å². The van der Waals surface area contributed by atoms with Gasteiger partial charge in [-0.25, -0.2) is 13.3 Å². The second-order valence-corrected chi connectivity index (χ2v) is 8.17. The summed E-state index contributed by atoms with van der Waals surface area (Å²) in [6, 6.07) is 17.1. The number of halogens is 1. The third-order valence-corrected chi connectivity index (χ3v) is 5.88. The Morgan fingerprint density at radius 2 is 1.93 bits per heavy atom. The first-order chi connectivity index (χ1) is 13.0. The molecule has 0 saturated carbocycles. The van der Waals surface area contributed by atoms with E-state index in [1.165, 1.54) is 23.5 Å². The fourth-order valence-electron chi connectivity index (χ4n) is 2.33. The van der Waals surface area contributed by atoms with Gasteiger partial charge in [-0.15, -0.1) is 0 Å². The Morgan fingerprint density at radius 3 is 2.67 bits per heavy atom. The summed E-state index contributed by atoms with van der Waals surface area (Å²) in [7, 11) is -1.37. The van der Waals surface area contributed by atoms with Gasteiger partial charge < -0.3 is 4.74 Å². The number of benzene rings is 2. The highest BCUT2D eigenvalue weighted by atomic mass is 32.2. The number of carbonyl (C=O) groups is 1. The molecule has 27 heavy (non-hydrogen) atoms. The van der Waals surface area contributed by atoms with Gasteiger partial charge in [-0.05, 0) is 48.9 Å². The average molecular weight is 404 g/mol. The molecule has 0 saturated heterocycles. The standard InChI is InChI=1S/C20H18FNO3S2/c1-14-5-7-17(8-6-14)27(24)22-12-11-19(23)25-20-10-9-18(26-20)15-3-2-4-16(21)13-15/h2-10,13,22H,11-12H2,1H3. The third-order valence-electron chi connectivity index (χ3n) is 3.70. The Balaban J connectivity index is 1.48. The van der Waals surface area contributed by atoms with E-state index in [4.69, 9.17) is 4.74 Å². The van der Waals surface area contributed by atoms with Gasteiger partial charge in [0.1, 0.15) is 16.8 Å². The molecule has 1 atom stereocenters. The maximum Gasteiger partial charge on any atom is 0.313 e. The molecule has 3 rings (SSSR count). The molecule has 1 N–H and O–H groups in total. The van der Waals surface area contributed by atoms with Gasteiger partial charge >= 0.3 is 5.97 Å². The minimum atomic E-state index is -1.37. The summed E-state index contributed by atoms with van der Waals surface area (Å²) in [5.41, 5.74) is 1.82. The topological polar surface area (TPSA) is 55.4 Å².